The van der Waals surface area contributed by atoms with E-state index in [2.05, 4.69) is 0 Å². The molecule has 3 heterocycles. The number of benzene rings is 3. The Morgan fingerprint density at radius 1 is 0.772 bits per heavy atom. The number of rotatable bonds is 11. The zero-order valence-corrected chi connectivity index (χ0v) is 29.6. The molecule has 3 aromatic carbocycles. The maximum Gasteiger partial charge on any atom is 0.330 e. The topological polar surface area (TPSA) is 325 Å². The van der Waals surface area contributed by atoms with Crippen molar-refractivity contribution < 1.29 is 93.8 Å². The van der Waals surface area contributed by atoms with Gasteiger partial charge in [-0.1, -0.05) is 6.07 Å². The molecule has 0 spiro atoms. The first-order valence-corrected chi connectivity index (χ1v) is 17.0. The maximum atomic E-state index is 14.0. The number of phenols is 5. The molecule has 2 fully saturated rings. The molecular formula is C37H38O20. The summed E-state index contributed by atoms with van der Waals surface area (Å²) in [6, 6.07) is 9.31. The molecule has 20 nitrogen and oxygen atoms in total. The van der Waals surface area contributed by atoms with E-state index >= 15 is 0 Å². The lowest BCUT2D eigenvalue weighted by atomic mass is 9.97. The number of ether oxygens (including phenoxy) is 6. The van der Waals surface area contributed by atoms with E-state index in [4.69, 9.17) is 32.8 Å². The van der Waals surface area contributed by atoms with Crippen LogP contribution in [0.5, 0.6) is 40.2 Å². The van der Waals surface area contributed by atoms with Crippen LogP contribution in [0.2, 0.25) is 0 Å². The normalized spacial score (nSPS) is 27.7. The van der Waals surface area contributed by atoms with Crippen LogP contribution in [0.3, 0.4) is 0 Å². The fourth-order valence-corrected chi connectivity index (χ4v) is 6.14. The van der Waals surface area contributed by atoms with Gasteiger partial charge in [-0.15, -0.1) is 0 Å². The van der Waals surface area contributed by atoms with Gasteiger partial charge in [0, 0.05) is 23.8 Å². The second-order valence-electron chi connectivity index (χ2n) is 13.0. The molecule has 306 valence electrons. The lowest BCUT2D eigenvalue weighted by molar-refractivity contribution is -0.358. The zero-order chi connectivity index (χ0) is 41.3. The molecule has 0 amide bonds. The van der Waals surface area contributed by atoms with Gasteiger partial charge in [0.1, 0.15) is 71.8 Å². The number of carbonyl (C=O) groups is 1. The number of fused-ring (bicyclic) bond motifs is 1. The first-order valence-electron chi connectivity index (χ1n) is 17.0. The van der Waals surface area contributed by atoms with E-state index in [1.807, 2.05) is 0 Å². The van der Waals surface area contributed by atoms with E-state index in [9.17, 15) is 65.8 Å². The largest absolute Gasteiger partial charge is 0.508 e. The van der Waals surface area contributed by atoms with Crippen LogP contribution < -0.4 is 14.9 Å². The Bertz CT molecular complexity index is 2180. The number of esters is 1. The molecule has 10 atom stereocenters. The Morgan fingerprint density at radius 3 is 2.18 bits per heavy atom. The van der Waals surface area contributed by atoms with Crippen molar-refractivity contribution in [2.45, 2.75) is 61.4 Å². The summed E-state index contributed by atoms with van der Waals surface area (Å²) in [6.45, 7) is -1.63. The van der Waals surface area contributed by atoms with Gasteiger partial charge in [0.25, 0.3) is 0 Å². The second kappa shape index (κ2) is 16.8. The van der Waals surface area contributed by atoms with Crippen molar-refractivity contribution >= 4 is 23.0 Å². The van der Waals surface area contributed by atoms with Crippen molar-refractivity contribution in [2.24, 2.45) is 0 Å². The Labute approximate surface area is 320 Å². The first kappa shape index (κ1) is 41.0. The summed E-state index contributed by atoms with van der Waals surface area (Å²) in [5.74, 6) is -4.65. The number of aromatic hydroxyl groups is 5. The van der Waals surface area contributed by atoms with Crippen LogP contribution in [0, 0.1) is 0 Å². The highest BCUT2D eigenvalue weighted by atomic mass is 16.8. The van der Waals surface area contributed by atoms with Crippen LogP contribution >= 0.6 is 0 Å². The summed E-state index contributed by atoms with van der Waals surface area (Å²) >= 11 is 0. The predicted octanol–water partition coefficient (Wildman–Crippen LogP) is -0.736. The SMILES string of the molecule is COc1cc(/C=C/C(=O)OC[C@H]2O[C@@H](O[C@H]3[C@H](Oc4c(-c5ccc(O)c(O)c5)oc5cc(O)cc(O)c5c4=O)O[C@H](CO)[C@H](O)[C@@H]3O)[C@H](O)[C@@H](O)[C@@H]2O)ccc1O. The molecule has 0 aliphatic carbocycles. The van der Waals surface area contributed by atoms with E-state index in [1.165, 1.54) is 37.5 Å². The third-order valence-electron chi connectivity index (χ3n) is 9.18. The highest BCUT2D eigenvalue weighted by Crippen LogP contribution is 2.40. The van der Waals surface area contributed by atoms with Gasteiger partial charge in [-0.25, -0.2) is 4.79 Å². The van der Waals surface area contributed by atoms with Crippen LogP contribution in [-0.4, -0.2) is 144 Å². The van der Waals surface area contributed by atoms with E-state index in [0.717, 1.165) is 30.3 Å². The summed E-state index contributed by atoms with van der Waals surface area (Å²) < 4.78 is 39.0. The standard InChI is InChI=1S/C37H38O20/c1-51-21-8-14(2-5-18(21)41)3-7-25(44)52-13-24-28(46)30(48)32(50)36(55-24)57-35-31(49)27(45)23(12-38)54-37(35)56-34-29(47)26-20(43)10-16(39)11-22(26)53-33(34)15-4-6-17(40)19(42)9-15/h2-11,23-24,27-28,30-32,35-43,45-46,48-50H,12-13H2,1H3/b7-3+/t23-,24-,27+,28-,30+,31+,32-,35-,36+,37+/m1/s1. The molecule has 57 heavy (non-hydrogen) atoms. The van der Waals surface area contributed by atoms with Crippen LogP contribution in [0.15, 0.2) is 63.8 Å². The average Bonchev–Trinajstić information content (AvgIpc) is 3.18. The second-order valence-corrected chi connectivity index (χ2v) is 13.0. The van der Waals surface area contributed by atoms with E-state index in [-0.39, 0.29) is 22.6 Å². The third kappa shape index (κ3) is 8.39. The average molecular weight is 803 g/mol. The van der Waals surface area contributed by atoms with Crippen molar-refractivity contribution in [3.63, 3.8) is 0 Å². The summed E-state index contributed by atoms with van der Waals surface area (Å²) in [7, 11) is 1.34. The molecule has 0 saturated carbocycles. The monoisotopic (exact) mass is 802 g/mol. The van der Waals surface area contributed by atoms with Gasteiger partial charge >= 0.3 is 5.97 Å². The summed E-state index contributed by atoms with van der Waals surface area (Å²) in [5, 5.41) is 114. The van der Waals surface area contributed by atoms with Crippen LogP contribution in [0.4, 0.5) is 0 Å². The van der Waals surface area contributed by atoms with Crippen molar-refractivity contribution in [1.82, 2.24) is 0 Å². The minimum Gasteiger partial charge on any atom is -0.508 e. The van der Waals surface area contributed by atoms with E-state index in [0.29, 0.717) is 5.56 Å². The highest BCUT2D eigenvalue weighted by molar-refractivity contribution is 5.88. The molecule has 2 aliphatic heterocycles. The van der Waals surface area contributed by atoms with Crippen molar-refractivity contribution in [3.8, 4) is 51.6 Å². The Kier molecular flexibility index (Phi) is 12.1. The predicted molar refractivity (Wildman–Crippen MR) is 189 cm³/mol. The summed E-state index contributed by atoms with van der Waals surface area (Å²) in [5.41, 5.74) is -1.12. The Morgan fingerprint density at radius 2 is 1.47 bits per heavy atom. The molecule has 2 saturated heterocycles. The highest BCUT2D eigenvalue weighted by Gasteiger charge is 2.52. The summed E-state index contributed by atoms with van der Waals surface area (Å²) in [4.78, 5) is 26.5. The molecule has 0 bridgehead atoms. The van der Waals surface area contributed by atoms with Crippen molar-refractivity contribution in [1.29, 1.82) is 0 Å². The quantitative estimate of drug-likeness (QED) is 0.0505. The van der Waals surface area contributed by atoms with Crippen LogP contribution in [-0.2, 0) is 23.7 Å². The number of carbonyl (C=O) groups excluding carboxylic acids is 1. The molecule has 2 aliphatic rings. The van der Waals surface area contributed by atoms with E-state index in [1.54, 1.807) is 0 Å². The van der Waals surface area contributed by atoms with Crippen molar-refractivity contribution in [3.05, 3.63) is 70.4 Å². The number of aliphatic hydroxyl groups excluding tert-OH is 6. The van der Waals surface area contributed by atoms with Gasteiger partial charge in [0.05, 0.1) is 13.7 Å². The Hall–Kier alpha value is -5.68. The molecular weight excluding hydrogens is 764 g/mol. The number of phenolic OH excluding ortho intramolecular Hbond substituents is 5. The van der Waals surface area contributed by atoms with Crippen LogP contribution in [0.25, 0.3) is 28.4 Å². The van der Waals surface area contributed by atoms with E-state index < -0.39 is 126 Å². The molecule has 20 heteroatoms. The fraction of sp³-hybridized carbons (Fsp3) is 0.351. The summed E-state index contributed by atoms with van der Waals surface area (Å²) in [6.07, 6.45) is -16.7. The molecule has 1 aromatic heterocycles. The fourth-order valence-electron chi connectivity index (χ4n) is 6.14. The smallest absolute Gasteiger partial charge is 0.330 e. The molecule has 6 rings (SSSR count). The number of hydrogen-bond donors (Lipinski definition) is 11. The van der Waals surface area contributed by atoms with Crippen LogP contribution in [0.1, 0.15) is 5.56 Å². The van der Waals surface area contributed by atoms with Gasteiger partial charge in [0.15, 0.2) is 41.2 Å². The molecule has 0 radical (unpaired) electrons. The maximum absolute atomic E-state index is 14.0. The lowest BCUT2D eigenvalue weighted by Gasteiger charge is -2.45. The molecule has 11 N–H and O–H groups in total. The first-order chi connectivity index (χ1) is 27.1. The van der Waals surface area contributed by atoms with Gasteiger partial charge in [-0.05, 0) is 42.0 Å². The van der Waals surface area contributed by atoms with Gasteiger partial charge in [-0.3, -0.25) is 4.79 Å². The molecule has 0 unspecified atom stereocenters. The number of aliphatic hydroxyl groups is 6. The minimum absolute atomic E-state index is 0.104. The number of methoxy groups -OCH3 is 1. The van der Waals surface area contributed by atoms with Gasteiger partial charge in [0.2, 0.25) is 17.5 Å². The zero-order valence-electron chi connectivity index (χ0n) is 29.6. The lowest BCUT2D eigenvalue weighted by Crippen LogP contribution is -2.65. The third-order valence-corrected chi connectivity index (χ3v) is 9.18. The minimum atomic E-state index is -2.07. The number of hydrogen-bond acceptors (Lipinski definition) is 20. The van der Waals surface area contributed by atoms with Gasteiger partial charge in [-0.2, -0.15) is 0 Å². The Balaban J connectivity index is 1.28. The molecule has 4 aromatic rings. The van der Waals surface area contributed by atoms with Crippen molar-refractivity contribution in [2.75, 3.05) is 20.3 Å². The van der Waals surface area contributed by atoms with Gasteiger partial charge < -0.3 is 89.0 Å².